The number of para-hydroxylation sites is 1. The highest BCUT2D eigenvalue weighted by Crippen LogP contribution is 2.44. The fourth-order valence-electron chi connectivity index (χ4n) is 3.66. The Labute approximate surface area is 129 Å². The molecule has 1 atom stereocenters. The van der Waals surface area contributed by atoms with Crippen molar-refractivity contribution in [2.24, 2.45) is 5.92 Å². The fraction of sp³-hybridized carbons (Fsp3) is 0.0476. The van der Waals surface area contributed by atoms with Gasteiger partial charge in [0.05, 0.1) is 0 Å². The number of hydrogen-bond donors (Lipinski definition) is 1. The van der Waals surface area contributed by atoms with Gasteiger partial charge >= 0.3 is 0 Å². The molecule has 1 nitrogen and oxygen atoms in total. The minimum atomic E-state index is 0.390. The zero-order valence-corrected chi connectivity index (χ0v) is 12.1. The minimum absolute atomic E-state index is 0.390. The van der Waals surface area contributed by atoms with Crippen molar-refractivity contribution in [3.8, 4) is 0 Å². The second-order valence-corrected chi connectivity index (χ2v) is 5.96. The third-order valence-corrected chi connectivity index (χ3v) is 4.69. The van der Waals surface area contributed by atoms with Gasteiger partial charge in [-0.3, -0.25) is 0 Å². The van der Waals surface area contributed by atoms with Gasteiger partial charge in [-0.2, -0.15) is 0 Å². The number of H-pyrrole nitrogens is 1. The Bertz CT molecular complexity index is 937. The molecule has 5 rings (SSSR count). The first-order valence-corrected chi connectivity index (χ1v) is 7.67. The Morgan fingerprint density at radius 2 is 1.64 bits per heavy atom. The Balaban J connectivity index is 1.71. The van der Waals surface area contributed by atoms with Crippen molar-refractivity contribution >= 4 is 16.5 Å². The van der Waals surface area contributed by atoms with E-state index in [1.54, 1.807) is 0 Å². The average molecular weight is 281 g/mol. The minimum Gasteiger partial charge on any atom is -0.355 e. The maximum Gasteiger partial charge on any atom is 0.0467 e. The zero-order chi connectivity index (χ0) is 14.5. The van der Waals surface area contributed by atoms with E-state index in [1.165, 1.54) is 38.9 Å². The number of aromatic nitrogens is 1. The monoisotopic (exact) mass is 281 g/mol. The topological polar surface area (TPSA) is 15.8 Å². The Morgan fingerprint density at radius 1 is 0.818 bits per heavy atom. The highest BCUT2D eigenvalue weighted by atomic mass is 14.7. The molecule has 1 unspecified atom stereocenters. The molecule has 0 fully saturated rings. The van der Waals surface area contributed by atoms with Crippen molar-refractivity contribution in [3.63, 3.8) is 0 Å². The molecular weight excluding hydrogens is 266 g/mol. The predicted octanol–water partition coefficient (Wildman–Crippen LogP) is 5.10. The van der Waals surface area contributed by atoms with Crippen LogP contribution in [0, 0.1) is 5.92 Å². The summed E-state index contributed by atoms with van der Waals surface area (Å²) in [6.45, 7) is 0. The van der Waals surface area contributed by atoms with Crippen LogP contribution in [0.25, 0.3) is 16.5 Å². The largest absolute Gasteiger partial charge is 0.355 e. The Kier molecular flexibility index (Phi) is 2.33. The highest BCUT2D eigenvalue weighted by Gasteiger charge is 2.29. The van der Waals surface area contributed by atoms with Gasteiger partial charge in [0.2, 0.25) is 0 Å². The van der Waals surface area contributed by atoms with E-state index in [9.17, 15) is 0 Å². The number of aromatic amines is 1. The van der Waals surface area contributed by atoms with Crippen LogP contribution in [0.2, 0.25) is 0 Å². The quantitative estimate of drug-likeness (QED) is 0.748. The third-order valence-electron chi connectivity index (χ3n) is 4.69. The molecule has 0 radical (unpaired) electrons. The van der Waals surface area contributed by atoms with Gasteiger partial charge in [0.1, 0.15) is 0 Å². The summed E-state index contributed by atoms with van der Waals surface area (Å²) in [6.07, 6.45) is 17.7. The lowest BCUT2D eigenvalue weighted by atomic mass is 9.73. The summed E-state index contributed by atoms with van der Waals surface area (Å²) in [6, 6.07) is 10.7. The van der Waals surface area contributed by atoms with Crippen LogP contribution < -0.4 is 0 Å². The maximum absolute atomic E-state index is 3.56. The normalized spacial score (nSPS) is 21.9. The zero-order valence-electron chi connectivity index (χ0n) is 12.1. The van der Waals surface area contributed by atoms with Crippen LogP contribution in [0.3, 0.4) is 0 Å². The maximum atomic E-state index is 3.56. The summed E-state index contributed by atoms with van der Waals surface area (Å²) in [5.41, 5.74) is 7.85. The van der Waals surface area contributed by atoms with Crippen LogP contribution in [-0.2, 0) is 0 Å². The van der Waals surface area contributed by atoms with Crippen LogP contribution >= 0.6 is 0 Å². The van der Waals surface area contributed by atoms with Crippen LogP contribution in [0.5, 0.6) is 0 Å². The van der Waals surface area contributed by atoms with Crippen molar-refractivity contribution in [1.29, 1.82) is 0 Å². The number of rotatable bonds is 1. The van der Waals surface area contributed by atoms with Crippen LogP contribution in [0.1, 0.15) is 5.69 Å². The number of fused-ring (bicyclic) bond motifs is 1. The Hall–Kier alpha value is -2.80. The van der Waals surface area contributed by atoms with E-state index in [-0.39, 0.29) is 0 Å². The molecule has 1 aromatic carbocycles. The van der Waals surface area contributed by atoms with E-state index in [0.29, 0.717) is 5.92 Å². The summed E-state index contributed by atoms with van der Waals surface area (Å²) < 4.78 is 0. The summed E-state index contributed by atoms with van der Waals surface area (Å²) in [4.78, 5) is 3.56. The Morgan fingerprint density at radius 3 is 2.55 bits per heavy atom. The first-order valence-electron chi connectivity index (χ1n) is 7.67. The predicted molar refractivity (Wildman–Crippen MR) is 92.3 cm³/mol. The van der Waals surface area contributed by atoms with Gasteiger partial charge in [-0.05, 0) is 28.9 Å². The molecule has 3 aliphatic carbocycles. The third kappa shape index (κ3) is 1.59. The molecule has 1 aromatic heterocycles. The van der Waals surface area contributed by atoms with E-state index < -0.39 is 0 Å². The lowest BCUT2D eigenvalue weighted by molar-refractivity contribution is 0.883. The molecule has 3 aliphatic rings. The average Bonchev–Trinajstić information content (AvgIpc) is 2.99. The molecule has 104 valence electrons. The second kappa shape index (κ2) is 4.35. The van der Waals surface area contributed by atoms with Gasteiger partial charge < -0.3 is 4.98 Å². The van der Waals surface area contributed by atoms with Crippen molar-refractivity contribution in [2.75, 3.05) is 0 Å². The van der Waals surface area contributed by atoms with Gasteiger partial charge in [-0.1, -0.05) is 66.8 Å². The van der Waals surface area contributed by atoms with Gasteiger partial charge in [0, 0.05) is 28.1 Å². The molecule has 2 aromatic rings. The van der Waals surface area contributed by atoms with Crippen molar-refractivity contribution in [1.82, 2.24) is 4.98 Å². The van der Waals surface area contributed by atoms with E-state index in [0.717, 1.165) is 0 Å². The SMILES string of the molecule is C1=CC2=CC=CC3=CC=C(c4cc5ccccc5[nH]4)C(=C1)C23. The number of hydrogen-bond acceptors (Lipinski definition) is 0. The van der Waals surface area contributed by atoms with Gasteiger partial charge in [-0.15, -0.1) is 0 Å². The fourth-order valence-corrected chi connectivity index (χ4v) is 3.66. The molecular formula is C21H15N. The molecule has 0 aliphatic heterocycles. The molecule has 0 amide bonds. The summed E-state index contributed by atoms with van der Waals surface area (Å²) in [5, 5.41) is 1.26. The first-order chi connectivity index (χ1) is 10.9. The van der Waals surface area contributed by atoms with Gasteiger partial charge in [0.25, 0.3) is 0 Å². The second-order valence-electron chi connectivity index (χ2n) is 5.96. The number of nitrogens with one attached hydrogen (secondary N) is 1. The molecule has 0 saturated heterocycles. The van der Waals surface area contributed by atoms with Gasteiger partial charge in [-0.25, -0.2) is 0 Å². The molecule has 1 N–H and O–H groups in total. The van der Waals surface area contributed by atoms with Crippen LogP contribution in [0.4, 0.5) is 0 Å². The molecule has 22 heavy (non-hydrogen) atoms. The van der Waals surface area contributed by atoms with E-state index in [2.05, 4.69) is 83.9 Å². The smallest absolute Gasteiger partial charge is 0.0467 e. The highest BCUT2D eigenvalue weighted by molar-refractivity contribution is 5.91. The van der Waals surface area contributed by atoms with Crippen molar-refractivity contribution in [2.45, 2.75) is 0 Å². The van der Waals surface area contributed by atoms with Gasteiger partial charge in [0.15, 0.2) is 0 Å². The van der Waals surface area contributed by atoms with E-state index in [4.69, 9.17) is 0 Å². The number of benzene rings is 1. The number of allylic oxidation sites excluding steroid dienone is 12. The summed E-state index contributed by atoms with van der Waals surface area (Å²) in [7, 11) is 0. The van der Waals surface area contributed by atoms with Crippen molar-refractivity contribution < 1.29 is 0 Å². The van der Waals surface area contributed by atoms with Crippen LogP contribution in [0.15, 0.2) is 95.7 Å². The molecule has 1 heterocycles. The lowest BCUT2D eigenvalue weighted by Crippen LogP contribution is -2.17. The molecule has 0 saturated carbocycles. The standard InChI is InChI=1S/C21H15N/c1-2-10-19-16(5-1)13-20(22-19)17-12-11-15-7-3-6-14-8-4-9-18(17)21(14)15/h1-13,21-22H. The summed E-state index contributed by atoms with van der Waals surface area (Å²) >= 11 is 0. The molecule has 0 bridgehead atoms. The van der Waals surface area contributed by atoms with E-state index >= 15 is 0 Å². The van der Waals surface area contributed by atoms with Crippen LogP contribution in [-0.4, -0.2) is 4.98 Å². The lowest BCUT2D eigenvalue weighted by Gasteiger charge is -2.31. The molecule has 1 heteroatoms. The first kappa shape index (κ1) is 11.8. The van der Waals surface area contributed by atoms with Crippen molar-refractivity contribution in [3.05, 3.63) is 101 Å². The summed E-state index contributed by atoms with van der Waals surface area (Å²) in [5.74, 6) is 0.390. The van der Waals surface area contributed by atoms with E-state index in [1.807, 2.05) is 0 Å². The molecule has 0 spiro atoms.